The summed E-state index contributed by atoms with van der Waals surface area (Å²) >= 11 is 7.31. The van der Waals surface area contributed by atoms with E-state index in [9.17, 15) is 5.11 Å². The second-order valence-corrected chi connectivity index (χ2v) is 6.63. The molecular weight excluding hydrogens is 260 g/mol. The van der Waals surface area contributed by atoms with Gasteiger partial charge in [-0.1, -0.05) is 11.6 Å². The van der Waals surface area contributed by atoms with E-state index < -0.39 is 0 Å². The lowest BCUT2D eigenvalue weighted by Crippen LogP contribution is -2.53. The van der Waals surface area contributed by atoms with Crippen molar-refractivity contribution in [2.45, 2.75) is 32.1 Å². The van der Waals surface area contributed by atoms with E-state index in [4.69, 9.17) is 16.3 Å². The number of aromatic nitrogens is 1. The number of thiazole rings is 1. The van der Waals surface area contributed by atoms with Crippen molar-refractivity contribution < 1.29 is 9.84 Å². The second-order valence-electron chi connectivity index (χ2n) is 4.93. The first kappa shape index (κ1) is 13.2. The van der Waals surface area contributed by atoms with Gasteiger partial charge in [0.15, 0.2) is 4.47 Å². The van der Waals surface area contributed by atoms with Crippen molar-refractivity contribution >= 4 is 22.9 Å². The smallest absolute Gasteiger partial charge is 0.183 e. The number of rotatable bonds is 3. The number of ether oxygens (including phenoxy) is 1. The maximum absolute atomic E-state index is 9.23. The molecular formula is C11H17ClN2O2S. The summed E-state index contributed by atoms with van der Waals surface area (Å²) < 4.78 is 6.34. The van der Waals surface area contributed by atoms with E-state index in [-0.39, 0.29) is 18.3 Å². The summed E-state index contributed by atoms with van der Waals surface area (Å²) in [5.74, 6) is 0. The molecule has 0 amide bonds. The van der Waals surface area contributed by atoms with E-state index in [0.29, 0.717) is 4.47 Å². The standard InChI is InChI=1S/C11H17ClN2O2S/c1-11(2)7-14(4-8(6-15)16-11)5-9-3-13-10(12)17-9/h3,8,15H,4-7H2,1-2H3. The quantitative estimate of drug-likeness (QED) is 0.914. The van der Waals surface area contributed by atoms with Gasteiger partial charge in [-0.3, -0.25) is 4.90 Å². The van der Waals surface area contributed by atoms with Crippen LogP contribution in [0.15, 0.2) is 6.20 Å². The predicted molar refractivity (Wildman–Crippen MR) is 68.4 cm³/mol. The van der Waals surface area contributed by atoms with Crippen LogP contribution >= 0.6 is 22.9 Å². The van der Waals surface area contributed by atoms with E-state index in [1.165, 1.54) is 11.3 Å². The summed E-state index contributed by atoms with van der Waals surface area (Å²) in [5.41, 5.74) is -0.222. The fourth-order valence-electron chi connectivity index (χ4n) is 2.21. The van der Waals surface area contributed by atoms with E-state index >= 15 is 0 Å². The number of nitrogens with zero attached hydrogens (tertiary/aromatic N) is 2. The molecule has 1 aromatic heterocycles. The average Bonchev–Trinajstić information content (AvgIpc) is 2.61. The summed E-state index contributed by atoms with van der Waals surface area (Å²) in [6.45, 7) is 6.55. The SMILES string of the molecule is CC1(C)CN(Cc2cnc(Cl)s2)CC(CO)O1. The zero-order chi connectivity index (χ0) is 12.5. The summed E-state index contributed by atoms with van der Waals surface area (Å²) in [6, 6.07) is 0. The van der Waals surface area contributed by atoms with Gasteiger partial charge < -0.3 is 9.84 Å². The Kier molecular flexibility index (Phi) is 4.05. The van der Waals surface area contributed by atoms with Gasteiger partial charge in [0, 0.05) is 30.7 Å². The number of aliphatic hydroxyl groups is 1. The van der Waals surface area contributed by atoms with Crippen LogP contribution in [0.4, 0.5) is 0 Å². The molecule has 0 bridgehead atoms. The molecule has 1 saturated heterocycles. The van der Waals surface area contributed by atoms with Gasteiger partial charge in [0.05, 0.1) is 18.3 Å². The molecule has 1 aromatic rings. The molecule has 1 N–H and O–H groups in total. The molecule has 1 fully saturated rings. The fourth-order valence-corrected chi connectivity index (χ4v) is 3.23. The van der Waals surface area contributed by atoms with Crippen LogP contribution in [0.2, 0.25) is 4.47 Å². The first-order chi connectivity index (χ1) is 7.98. The van der Waals surface area contributed by atoms with Crippen LogP contribution in [-0.2, 0) is 11.3 Å². The van der Waals surface area contributed by atoms with Gasteiger partial charge in [0.25, 0.3) is 0 Å². The number of hydrogen-bond acceptors (Lipinski definition) is 5. The van der Waals surface area contributed by atoms with Gasteiger partial charge >= 0.3 is 0 Å². The first-order valence-corrected chi connectivity index (χ1v) is 6.79. The minimum Gasteiger partial charge on any atom is -0.394 e. The predicted octanol–water partition coefficient (Wildman–Crippen LogP) is 1.77. The highest BCUT2D eigenvalue weighted by Gasteiger charge is 2.33. The van der Waals surface area contributed by atoms with Crippen LogP contribution in [0.5, 0.6) is 0 Å². The minimum atomic E-state index is -0.222. The Bertz CT molecular complexity index is 383. The lowest BCUT2D eigenvalue weighted by Gasteiger charge is -2.42. The Balaban J connectivity index is 2.00. The Morgan fingerprint density at radius 2 is 2.47 bits per heavy atom. The Labute approximate surface area is 110 Å². The third kappa shape index (κ3) is 3.63. The van der Waals surface area contributed by atoms with Crippen molar-refractivity contribution in [2.24, 2.45) is 0 Å². The van der Waals surface area contributed by atoms with Crippen LogP contribution in [-0.4, -0.2) is 46.4 Å². The van der Waals surface area contributed by atoms with Gasteiger partial charge in [-0.2, -0.15) is 0 Å². The van der Waals surface area contributed by atoms with Gasteiger partial charge in [0.2, 0.25) is 0 Å². The van der Waals surface area contributed by atoms with Gasteiger partial charge in [0.1, 0.15) is 0 Å². The van der Waals surface area contributed by atoms with E-state index in [0.717, 1.165) is 24.5 Å². The van der Waals surface area contributed by atoms with Crippen LogP contribution in [0, 0.1) is 0 Å². The van der Waals surface area contributed by atoms with Crippen molar-refractivity contribution in [3.05, 3.63) is 15.5 Å². The minimum absolute atomic E-state index is 0.0589. The maximum atomic E-state index is 9.23. The highest BCUT2D eigenvalue weighted by Crippen LogP contribution is 2.25. The second kappa shape index (κ2) is 5.20. The third-order valence-corrected chi connectivity index (χ3v) is 3.76. The van der Waals surface area contributed by atoms with Gasteiger partial charge in [-0.25, -0.2) is 4.98 Å². The molecule has 1 unspecified atom stereocenters. The lowest BCUT2D eigenvalue weighted by molar-refractivity contribution is -0.150. The highest BCUT2D eigenvalue weighted by molar-refractivity contribution is 7.15. The Hall–Kier alpha value is -0.200. The molecule has 6 heteroatoms. The molecule has 0 aliphatic carbocycles. The molecule has 2 heterocycles. The molecule has 2 rings (SSSR count). The monoisotopic (exact) mass is 276 g/mol. The zero-order valence-corrected chi connectivity index (χ0v) is 11.6. The molecule has 0 saturated carbocycles. The fraction of sp³-hybridized carbons (Fsp3) is 0.727. The van der Waals surface area contributed by atoms with Gasteiger partial charge in [-0.15, -0.1) is 11.3 Å². The molecule has 4 nitrogen and oxygen atoms in total. The molecule has 1 aliphatic rings. The molecule has 17 heavy (non-hydrogen) atoms. The highest BCUT2D eigenvalue weighted by atomic mass is 35.5. The van der Waals surface area contributed by atoms with E-state index in [1.54, 1.807) is 0 Å². The molecule has 0 spiro atoms. The topological polar surface area (TPSA) is 45.6 Å². The lowest BCUT2D eigenvalue weighted by atomic mass is 10.1. The molecule has 96 valence electrons. The zero-order valence-electron chi connectivity index (χ0n) is 10.0. The largest absolute Gasteiger partial charge is 0.394 e. The summed E-state index contributed by atoms with van der Waals surface area (Å²) in [4.78, 5) is 7.45. The first-order valence-electron chi connectivity index (χ1n) is 5.60. The van der Waals surface area contributed by atoms with E-state index in [2.05, 4.69) is 9.88 Å². The van der Waals surface area contributed by atoms with Crippen molar-refractivity contribution in [3.63, 3.8) is 0 Å². The molecule has 1 atom stereocenters. The van der Waals surface area contributed by atoms with Crippen LogP contribution in [0.3, 0.4) is 0 Å². The number of halogens is 1. The molecule has 0 aromatic carbocycles. The average molecular weight is 277 g/mol. The van der Waals surface area contributed by atoms with Crippen molar-refractivity contribution in [3.8, 4) is 0 Å². The maximum Gasteiger partial charge on any atom is 0.183 e. The Morgan fingerprint density at radius 3 is 3.06 bits per heavy atom. The molecule has 0 radical (unpaired) electrons. The van der Waals surface area contributed by atoms with Crippen LogP contribution in [0.1, 0.15) is 18.7 Å². The van der Waals surface area contributed by atoms with Crippen molar-refractivity contribution in [1.29, 1.82) is 0 Å². The normalized spacial score (nSPS) is 25.1. The summed E-state index contributed by atoms with van der Waals surface area (Å²) in [5, 5.41) is 9.23. The summed E-state index contributed by atoms with van der Waals surface area (Å²) in [7, 11) is 0. The Morgan fingerprint density at radius 1 is 1.71 bits per heavy atom. The summed E-state index contributed by atoms with van der Waals surface area (Å²) in [6.07, 6.45) is 1.70. The number of morpholine rings is 1. The van der Waals surface area contributed by atoms with Crippen molar-refractivity contribution in [1.82, 2.24) is 9.88 Å². The van der Waals surface area contributed by atoms with Crippen LogP contribution < -0.4 is 0 Å². The third-order valence-electron chi connectivity index (χ3n) is 2.66. The van der Waals surface area contributed by atoms with Crippen molar-refractivity contribution in [2.75, 3.05) is 19.7 Å². The van der Waals surface area contributed by atoms with Gasteiger partial charge in [-0.05, 0) is 13.8 Å². The van der Waals surface area contributed by atoms with E-state index in [1.807, 2.05) is 20.0 Å². The number of hydrogen-bond donors (Lipinski definition) is 1. The number of aliphatic hydroxyl groups excluding tert-OH is 1. The molecule has 1 aliphatic heterocycles. The van der Waals surface area contributed by atoms with Crippen LogP contribution in [0.25, 0.3) is 0 Å².